The average molecular weight is 239 g/mol. The van der Waals surface area contributed by atoms with Crippen LogP contribution < -0.4 is 11.6 Å². The maximum atomic E-state index is 11.4. The van der Waals surface area contributed by atoms with Gasteiger partial charge in [-0.25, -0.2) is 0 Å². The monoisotopic (exact) mass is 239 g/mol. The van der Waals surface area contributed by atoms with Crippen LogP contribution in [0.25, 0.3) is 10.8 Å². The summed E-state index contributed by atoms with van der Waals surface area (Å²) in [7, 11) is -3.74. The zero-order valence-corrected chi connectivity index (χ0v) is 9.20. The Balaban J connectivity index is 2.61. The van der Waals surface area contributed by atoms with Crippen molar-refractivity contribution in [1.82, 2.24) is 0 Å². The van der Waals surface area contributed by atoms with Crippen LogP contribution >= 0.6 is 0 Å². The van der Waals surface area contributed by atoms with Crippen LogP contribution in [0, 0.1) is 0 Å². The van der Waals surface area contributed by atoms with Crippen LogP contribution in [0.1, 0.15) is 0 Å². The molecule has 16 heavy (non-hydrogen) atoms. The largest absolute Gasteiger partial charge is 0.482 e. The zero-order valence-electron chi connectivity index (χ0n) is 8.38. The summed E-state index contributed by atoms with van der Waals surface area (Å²) < 4.78 is 27.0. The number of nitrogens with two attached hydrogens (primary N) is 1. The molecule has 1 atom stereocenters. The molecule has 0 aliphatic rings. The molecular formula is C10H11N2O3S+2. The lowest BCUT2D eigenvalue weighted by Gasteiger charge is -2.00. The van der Waals surface area contributed by atoms with E-state index >= 15 is 0 Å². The number of hydrogen-bond acceptors (Lipinski definition) is 3. The molecular weight excluding hydrogens is 228 g/mol. The third-order valence-corrected chi connectivity index (χ3v) is 3.42. The van der Waals surface area contributed by atoms with Crippen molar-refractivity contribution in [1.29, 1.82) is 0 Å². The van der Waals surface area contributed by atoms with Crippen molar-refractivity contribution >= 4 is 27.0 Å². The lowest BCUT2D eigenvalue weighted by Crippen LogP contribution is -2.52. The summed E-state index contributed by atoms with van der Waals surface area (Å²) in [5.41, 5.74) is 6.26. The van der Waals surface area contributed by atoms with Crippen LogP contribution in [-0.4, -0.2) is 0 Å². The lowest BCUT2D eigenvalue weighted by atomic mass is 10.1. The van der Waals surface area contributed by atoms with Crippen molar-refractivity contribution in [3.05, 3.63) is 36.4 Å². The van der Waals surface area contributed by atoms with Gasteiger partial charge in [-0.05, 0) is 33.2 Å². The highest BCUT2D eigenvalue weighted by molar-refractivity contribution is 7.92. The lowest BCUT2D eigenvalue weighted by molar-refractivity contribution is -0.637. The number of quaternary nitrogens is 1. The van der Waals surface area contributed by atoms with Gasteiger partial charge in [-0.1, -0.05) is 6.07 Å². The van der Waals surface area contributed by atoms with Gasteiger partial charge in [-0.2, -0.15) is 5.90 Å². The Bertz CT molecular complexity index is 585. The van der Waals surface area contributed by atoms with Crippen LogP contribution in [0.3, 0.4) is 0 Å². The Labute approximate surface area is 93.4 Å². The SMILES string of the molecule is Nc1ccc2cc([S+]([O])(=O)O[NH3+])ccc2c1. The molecule has 0 bridgehead atoms. The molecule has 0 amide bonds. The van der Waals surface area contributed by atoms with E-state index in [4.69, 9.17) is 5.73 Å². The number of nitrogen functional groups attached to an aromatic ring is 1. The van der Waals surface area contributed by atoms with E-state index in [1.165, 1.54) is 12.1 Å². The molecule has 1 radical (unpaired) electrons. The average Bonchev–Trinajstić information content (AvgIpc) is 2.28. The van der Waals surface area contributed by atoms with Crippen LogP contribution in [0.15, 0.2) is 41.3 Å². The van der Waals surface area contributed by atoms with E-state index in [1.807, 2.05) is 0 Å². The minimum atomic E-state index is -3.74. The molecule has 2 rings (SSSR count). The van der Waals surface area contributed by atoms with Crippen molar-refractivity contribution in [3.63, 3.8) is 0 Å². The quantitative estimate of drug-likeness (QED) is 0.458. The summed E-state index contributed by atoms with van der Waals surface area (Å²) in [4.78, 5) is 0.0831. The van der Waals surface area contributed by atoms with Gasteiger partial charge in [0.2, 0.25) is 4.90 Å². The molecule has 0 aliphatic carbocycles. The molecule has 0 spiro atoms. The number of fused-ring (bicyclic) bond motifs is 1. The fourth-order valence-electron chi connectivity index (χ4n) is 1.47. The number of hydrogen-bond donors (Lipinski definition) is 2. The first-order chi connectivity index (χ1) is 7.53. The second-order valence-electron chi connectivity index (χ2n) is 3.34. The first-order valence-electron chi connectivity index (χ1n) is 4.51. The molecule has 0 saturated heterocycles. The van der Waals surface area contributed by atoms with E-state index in [0.29, 0.717) is 5.69 Å². The molecule has 5 nitrogen and oxygen atoms in total. The Hall–Kier alpha value is -1.47. The van der Waals surface area contributed by atoms with Gasteiger partial charge < -0.3 is 5.73 Å². The minimum absolute atomic E-state index is 0.0831. The van der Waals surface area contributed by atoms with Gasteiger partial charge in [0, 0.05) is 17.8 Å². The summed E-state index contributed by atoms with van der Waals surface area (Å²) in [6.45, 7) is 0. The molecule has 2 aromatic carbocycles. The van der Waals surface area contributed by atoms with Crippen molar-refractivity contribution in [2.75, 3.05) is 5.73 Å². The normalized spacial score (nSPS) is 14.9. The van der Waals surface area contributed by atoms with Gasteiger partial charge in [0.25, 0.3) is 0 Å². The van der Waals surface area contributed by atoms with Gasteiger partial charge in [-0.3, -0.25) is 0 Å². The summed E-state index contributed by atoms with van der Waals surface area (Å²) in [5.74, 6) is 2.92. The highest BCUT2D eigenvalue weighted by Gasteiger charge is 2.36. The Morgan fingerprint density at radius 2 is 1.75 bits per heavy atom. The predicted octanol–water partition coefficient (Wildman–Crippen LogP) is 0.714. The fourth-order valence-corrected chi connectivity index (χ4v) is 2.11. The highest BCUT2D eigenvalue weighted by atomic mass is 32.3. The summed E-state index contributed by atoms with van der Waals surface area (Å²) >= 11 is 0. The molecule has 0 fully saturated rings. The highest BCUT2D eigenvalue weighted by Crippen LogP contribution is 2.24. The van der Waals surface area contributed by atoms with E-state index < -0.39 is 10.5 Å². The molecule has 0 heterocycles. The van der Waals surface area contributed by atoms with E-state index in [9.17, 15) is 8.76 Å². The topological polar surface area (TPSA) is 99.9 Å². The van der Waals surface area contributed by atoms with Crippen molar-refractivity contribution in [2.24, 2.45) is 0 Å². The Morgan fingerprint density at radius 1 is 1.12 bits per heavy atom. The van der Waals surface area contributed by atoms with Crippen LogP contribution in [0.2, 0.25) is 0 Å². The van der Waals surface area contributed by atoms with Crippen molar-refractivity contribution < 1.29 is 18.9 Å². The fraction of sp³-hybridized carbons (Fsp3) is 0. The Morgan fingerprint density at radius 3 is 2.44 bits per heavy atom. The molecule has 0 aromatic heterocycles. The van der Waals surface area contributed by atoms with Gasteiger partial charge in [0.05, 0.1) is 8.84 Å². The van der Waals surface area contributed by atoms with E-state index in [2.05, 4.69) is 10.2 Å². The maximum absolute atomic E-state index is 11.4. The van der Waals surface area contributed by atoms with Crippen LogP contribution in [-0.2, 0) is 23.5 Å². The minimum Gasteiger partial charge on any atom is -0.399 e. The van der Waals surface area contributed by atoms with Gasteiger partial charge >= 0.3 is 10.5 Å². The van der Waals surface area contributed by atoms with Gasteiger partial charge in [0.15, 0.2) is 0 Å². The standard InChI is InChI=1S/C10H11N2O3S/c11-9-3-1-8-6-10(16(13,14)15-12)4-2-7(8)5-9/h1-6H,11H2,12H3/q+2. The first-order valence-corrected chi connectivity index (χ1v) is 5.92. The van der Waals surface area contributed by atoms with Crippen LogP contribution in [0.4, 0.5) is 5.69 Å². The number of anilines is 1. The molecule has 5 N–H and O–H groups in total. The molecule has 83 valence electrons. The molecule has 1 unspecified atom stereocenters. The van der Waals surface area contributed by atoms with E-state index in [-0.39, 0.29) is 4.90 Å². The third kappa shape index (κ3) is 1.91. The predicted molar refractivity (Wildman–Crippen MR) is 59.3 cm³/mol. The number of benzene rings is 2. The van der Waals surface area contributed by atoms with Crippen molar-refractivity contribution in [3.8, 4) is 0 Å². The summed E-state index contributed by atoms with van der Waals surface area (Å²) in [6.07, 6.45) is 0. The Kier molecular flexibility index (Phi) is 2.64. The smallest absolute Gasteiger partial charge is 0.399 e. The van der Waals surface area contributed by atoms with Gasteiger partial charge in [0.1, 0.15) is 0 Å². The molecule has 0 aliphatic heterocycles. The number of rotatable bonds is 2. The summed E-state index contributed by atoms with van der Waals surface area (Å²) in [5, 5.41) is 1.66. The summed E-state index contributed by atoms with van der Waals surface area (Å²) in [6, 6.07) is 9.91. The maximum Gasteiger partial charge on any atom is 0.482 e. The zero-order chi connectivity index (χ0) is 11.8. The van der Waals surface area contributed by atoms with E-state index in [0.717, 1.165) is 10.8 Å². The molecule has 6 heteroatoms. The molecule has 0 saturated carbocycles. The van der Waals surface area contributed by atoms with Crippen molar-refractivity contribution in [2.45, 2.75) is 4.90 Å². The van der Waals surface area contributed by atoms with Crippen LogP contribution in [0.5, 0.6) is 0 Å². The second kappa shape index (κ2) is 3.84. The first kappa shape index (κ1) is 11.0. The van der Waals surface area contributed by atoms with E-state index in [1.54, 1.807) is 24.3 Å². The molecule has 2 aromatic rings. The third-order valence-electron chi connectivity index (χ3n) is 2.28. The van der Waals surface area contributed by atoms with Gasteiger partial charge in [-0.15, -0.1) is 0 Å². The second-order valence-corrected chi connectivity index (χ2v) is 4.96.